The smallest absolute Gasteiger partial charge is 0.277 e. The molecule has 1 aromatic heterocycles. The average Bonchev–Trinajstić information content (AvgIpc) is 3.29. The quantitative estimate of drug-likeness (QED) is 0.677. The van der Waals surface area contributed by atoms with Gasteiger partial charge in [-0.2, -0.15) is 0 Å². The first-order valence-corrected chi connectivity index (χ1v) is 10.1. The number of hydrogen-bond donors (Lipinski definition) is 1. The van der Waals surface area contributed by atoms with Crippen molar-refractivity contribution >= 4 is 40.0 Å². The SMILES string of the molecule is O=C(CCn1nnc2ccccc2c1=O)Nc1ccc(Cl)cc1C(=O)N1CCCC1. The van der Waals surface area contributed by atoms with Crippen LogP contribution in [-0.2, 0) is 11.3 Å². The third-order valence-corrected chi connectivity index (χ3v) is 5.29. The molecule has 2 aromatic carbocycles. The number of carbonyl (C=O) groups is 2. The van der Waals surface area contributed by atoms with Gasteiger partial charge < -0.3 is 10.2 Å². The molecule has 0 bridgehead atoms. The number of fused-ring (bicyclic) bond motifs is 1. The summed E-state index contributed by atoms with van der Waals surface area (Å²) in [7, 11) is 0. The maximum Gasteiger partial charge on any atom is 0.277 e. The highest BCUT2D eigenvalue weighted by Gasteiger charge is 2.23. The van der Waals surface area contributed by atoms with Gasteiger partial charge in [-0.15, -0.1) is 5.10 Å². The Hall–Kier alpha value is -3.26. The lowest BCUT2D eigenvalue weighted by Crippen LogP contribution is -2.29. The van der Waals surface area contributed by atoms with Crippen molar-refractivity contribution in [1.29, 1.82) is 0 Å². The third kappa shape index (κ3) is 4.18. The zero-order valence-electron chi connectivity index (χ0n) is 16.2. The molecule has 8 nitrogen and oxygen atoms in total. The minimum atomic E-state index is -0.338. The Bertz CT molecular complexity index is 1170. The Kier molecular flexibility index (Phi) is 5.76. The number of nitrogens with zero attached hydrogens (tertiary/aromatic N) is 4. The Labute approximate surface area is 177 Å². The summed E-state index contributed by atoms with van der Waals surface area (Å²) in [6, 6.07) is 11.7. The zero-order chi connectivity index (χ0) is 21.1. The summed E-state index contributed by atoms with van der Waals surface area (Å²) in [6.07, 6.45) is 1.94. The molecular formula is C21H20ClN5O3. The molecule has 0 saturated carbocycles. The van der Waals surface area contributed by atoms with E-state index < -0.39 is 0 Å². The molecule has 0 aliphatic carbocycles. The average molecular weight is 426 g/mol. The molecule has 1 aliphatic heterocycles. The van der Waals surface area contributed by atoms with Crippen LogP contribution in [0.15, 0.2) is 47.3 Å². The molecule has 2 heterocycles. The summed E-state index contributed by atoms with van der Waals surface area (Å²) in [4.78, 5) is 39.6. The van der Waals surface area contributed by atoms with Gasteiger partial charge in [-0.25, -0.2) is 4.68 Å². The molecule has 30 heavy (non-hydrogen) atoms. The van der Waals surface area contributed by atoms with E-state index in [9.17, 15) is 14.4 Å². The molecule has 1 saturated heterocycles. The predicted octanol–water partition coefficient (Wildman–Crippen LogP) is 2.71. The number of halogens is 1. The van der Waals surface area contributed by atoms with E-state index in [4.69, 9.17) is 11.6 Å². The van der Waals surface area contributed by atoms with Gasteiger partial charge in [0, 0.05) is 24.5 Å². The predicted molar refractivity (Wildman–Crippen MR) is 114 cm³/mol. The fourth-order valence-corrected chi connectivity index (χ4v) is 3.66. The fraction of sp³-hybridized carbons (Fsp3) is 0.286. The Morgan fingerprint density at radius 3 is 2.67 bits per heavy atom. The van der Waals surface area contributed by atoms with E-state index in [-0.39, 0.29) is 30.3 Å². The van der Waals surface area contributed by atoms with Gasteiger partial charge in [-0.05, 0) is 43.2 Å². The monoisotopic (exact) mass is 425 g/mol. The summed E-state index contributed by atoms with van der Waals surface area (Å²) in [5.74, 6) is -0.489. The summed E-state index contributed by atoms with van der Waals surface area (Å²) in [5, 5.41) is 11.5. The van der Waals surface area contributed by atoms with Gasteiger partial charge in [0.2, 0.25) is 5.91 Å². The van der Waals surface area contributed by atoms with Crippen molar-refractivity contribution in [2.75, 3.05) is 18.4 Å². The molecule has 1 fully saturated rings. The standard InChI is InChI=1S/C21H20ClN5O3/c22-14-7-8-17(16(13-14)20(29)26-10-3-4-11-26)23-19(28)9-12-27-21(30)15-5-1-2-6-18(15)24-25-27/h1-2,5-8,13H,3-4,9-12H2,(H,23,28). The van der Waals surface area contributed by atoms with E-state index >= 15 is 0 Å². The molecule has 154 valence electrons. The Balaban J connectivity index is 1.47. The molecule has 4 rings (SSSR count). The van der Waals surface area contributed by atoms with E-state index in [0.717, 1.165) is 12.8 Å². The van der Waals surface area contributed by atoms with E-state index in [1.54, 1.807) is 47.4 Å². The van der Waals surface area contributed by atoms with Gasteiger partial charge in [-0.3, -0.25) is 14.4 Å². The van der Waals surface area contributed by atoms with Crippen molar-refractivity contribution < 1.29 is 9.59 Å². The first-order valence-electron chi connectivity index (χ1n) is 9.74. The number of benzene rings is 2. The second kappa shape index (κ2) is 8.62. The second-order valence-corrected chi connectivity index (χ2v) is 7.56. The topological polar surface area (TPSA) is 97.2 Å². The highest BCUT2D eigenvalue weighted by molar-refractivity contribution is 6.31. The molecule has 1 aliphatic rings. The maximum atomic E-state index is 12.8. The number of likely N-dealkylation sites (tertiary alicyclic amines) is 1. The van der Waals surface area contributed by atoms with Crippen molar-refractivity contribution in [2.24, 2.45) is 0 Å². The lowest BCUT2D eigenvalue weighted by molar-refractivity contribution is -0.116. The number of hydrogen-bond acceptors (Lipinski definition) is 5. The number of rotatable bonds is 5. The van der Waals surface area contributed by atoms with Crippen molar-refractivity contribution in [1.82, 2.24) is 19.9 Å². The van der Waals surface area contributed by atoms with Crippen LogP contribution in [-0.4, -0.2) is 44.8 Å². The van der Waals surface area contributed by atoms with Gasteiger partial charge in [0.1, 0.15) is 5.52 Å². The first-order chi connectivity index (χ1) is 14.5. The fourth-order valence-electron chi connectivity index (χ4n) is 3.48. The van der Waals surface area contributed by atoms with Gasteiger partial charge >= 0.3 is 0 Å². The van der Waals surface area contributed by atoms with Gasteiger partial charge in [0.05, 0.1) is 23.2 Å². The van der Waals surface area contributed by atoms with Crippen LogP contribution in [0.1, 0.15) is 29.6 Å². The molecule has 0 radical (unpaired) electrons. The van der Waals surface area contributed by atoms with Crippen molar-refractivity contribution in [3.05, 3.63) is 63.4 Å². The lowest BCUT2D eigenvalue weighted by atomic mass is 10.1. The normalized spacial score (nSPS) is 13.6. The number of amides is 2. The third-order valence-electron chi connectivity index (χ3n) is 5.06. The highest BCUT2D eigenvalue weighted by atomic mass is 35.5. The van der Waals surface area contributed by atoms with Crippen LogP contribution in [0.3, 0.4) is 0 Å². The first kappa shape index (κ1) is 20.0. The van der Waals surface area contributed by atoms with Crippen LogP contribution in [0, 0.1) is 0 Å². The van der Waals surface area contributed by atoms with Crippen LogP contribution in [0.5, 0.6) is 0 Å². The van der Waals surface area contributed by atoms with Gasteiger partial charge in [0.15, 0.2) is 0 Å². The Morgan fingerprint density at radius 1 is 1.10 bits per heavy atom. The molecule has 3 aromatic rings. The number of aryl methyl sites for hydroxylation is 1. The van der Waals surface area contributed by atoms with E-state index in [1.165, 1.54) is 4.68 Å². The van der Waals surface area contributed by atoms with Gasteiger partial charge in [-0.1, -0.05) is 28.9 Å². The van der Waals surface area contributed by atoms with Crippen molar-refractivity contribution in [3.63, 3.8) is 0 Å². The van der Waals surface area contributed by atoms with Crippen LogP contribution < -0.4 is 10.9 Å². The molecule has 9 heteroatoms. The van der Waals surface area contributed by atoms with E-state index in [0.29, 0.717) is 40.3 Å². The second-order valence-electron chi connectivity index (χ2n) is 7.12. The maximum absolute atomic E-state index is 12.8. The van der Waals surface area contributed by atoms with Crippen LogP contribution in [0.4, 0.5) is 5.69 Å². The minimum absolute atomic E-state index is 0.00684. The highest BCUT2D eigenvalue weighted by Crippen LogP contribution is 2.24. The van der Waals surface area contributed by atoms with Crippen LogP contribution in [0.2, 0.25) is 5.02 Å². The number of carbonyl (C=O) groups excluding carboxylic acids is 2. The molecule has 2 amide bonds. The minimum Gasteiger partial charge on any atom is -0.339 e. The molecule has 1 N–H and O–H groups in total. The summed E-state index contributed by atoms with van der Waals surface area (Å²) < 4.78 is 1.17. The molecule has 0 unspecified atom stereocenters. The van der Waals surface area contributed by atoms with E-state index in [2.05, 4.69) is 15.6 Å². The summed E-state index contributed by atoms with van der Waals surface area (Å²) in [5.41, 5.74) is 0.970. The van der Waals surface area contributed by atoms with Crippen molar-refractivity contribution in [2.45, 2.75) is 25.8 Å². The lowest BCUT2D eigenvalue weighted by Gasteiger charge is -2.18. The Morgan fingerprint density at radius 2 is 1.87 bits per heavy atom. The number of nitrogens with one attached hydrogen (secondary N) is 1. The number of aromatic nitrogens is 3. The van der Waals surface area contributed by atoms with Crippen molar-refractivity contribution in [3.8, 4) is 0 Å². The van der Waals surface area contributed by atoms with E-state index in [1.807, 2.05) is 0 Å². The van der Waals surface area contributed by atoms with Crippen LogP contribution in [0.25, 0.3) is 10.9 Å². The molecular weight excluding hydrogens is 406 g/mol. The molecule has 0 spiro atoms. The summed E-state index contributed by atoms with van der Waals surface area (Å²) in [6.45, 7) is 1.47. The molecule has 0 atom stereocenters. The zero-order valence-corrected chi connectivity index (χ0v) is 16.9. The van der Waals surface area contributed by atoms with Gasteiger partial charge in [0.25, 0.3) is 11.5 Å². The summed E-state index contributed by atoms with van der Waals surface area (Å²) >= 11 is 6.07. The number of anilines is 1. The van der Waals surface area contributed by atoms with Crippen LogP contribution >= 0.6 is 11.6 Å². The largest absolute Gasteiger partial charge is 0.339 e.